The molecule has 96 valence electrons. The van der Waals surface area contributed by atoms with Crippen molar-refractivity contribution in [3.63, 3.8) is 0 Å². The fourth-order valence-corrected chi connectivity index (χ4v) is 1.67. The smallest absolute Gasteiger partial charge is 0.251 e. The van der Waals surface area contributed by atoms with Crippen LogP contribution in [0, 0.1) is 0 Å². The van der Waals surface area contributed by atoms with Crippen LogP contribution in [-0.2, 0) is 0 Å². The summed E-state index contributed by atoms with van der Waals surface area (Å²) in [6.45, 7) is 6.76. The number of benzene rings is 1. The number of carbonyl (C=O) groups excluding carboxylic acids is 1. The van der Waals surface area contributed by atoms with Crippen LogP contribution in [0.1, 0.15) is 49.4 Å². The van der Waals surface area contributed by atoms with Gasteiger partial charge in [-0.1, -0.05) is 20.8 Å². The molecule has 0 aliphatic rings. The van der Waals surface area contributed by atoms with Crippen molar-refractivity contribution in [2.45, 2.75) is 33.1 Å². The van der Waals surface area contributed by atoms with Crippen molar-refractivity contribution >= 4 is 17.0 Å². The first-order valence-corrected chi connectivity index (χ1v) is 6.30. The first-order chi connectivity index (χ1) is 8.61. The molecule has 0 fully saturated rings. The minimum atomic E-state index is -0.0683. The van der Waals surface area contributed by atoms with Gasteiger partial charge in [0.1, 0.15) is 5.52 Å². The number of aromatic nitrogens is 1. The van der Waals surface area contributed by atoms with Crippen LogP contribution < -0.4 is 5.32 Å². The molecular weight excluding hydrogens is 228 g/mol. The monoisotopic (exact) mass is 246 g/mol. The summed E-state index contributed by atoms with van der Waals surface area (Å²) in [7, 11) is 0. The summed E-state index contributed by atoms with van der Waals surface area (Å²) < 4.78 is 5.63. The number of amides is 1. The van der Waals surface area contributed by atoms with Crippen molar-refractivity contribution < 1.29 is 9.21 Å². The van der Waals surface area contributed by atoms with E-state index in [1.54, 1.807) is 12.1 Å². The van der Waals surface area contributed by atoms with Crippen molar-refractivity contribution in [2.24, 2.45) is 0 Å². The van der Waals surface area contributed by atoms with Gasteiger partial charge in [-0.25, -0.2) is 4.98 Å². The van der Waals surface area contributed by atoms with Gasteiger partial charge < -0.3 is 9.73 Å². The number of nitrogens with one attached hydrogen (secondary N) is 1. The van der Waals surface area contributed by atoms with E-state index in [-0.39, 0.29) is 11.8 Å². The van der Waals surface area contributed by atoms with Gasteiger partial charge in [-0.3, -0.25) is 4.79 Å². The Morgan fingerprint density at radius 2 is 2.22 bits per heavy atom. The van der Waals surface area contributed by atoms with Crippen molar-refractivity contribution in [3.05, 3.63) is 29.7 Å². The second-order valence-electron chi connectivity index (χ2n) is 4.65. The number of hydrogen-bond donors (Lipinski definition) is 1. The van der Waals surface area contributed by atoms with Gasteiger partial charge in [0.05, 0.1) is 0 Å². The number of oxazole rings is 1. The highest BCUT2D eigenvalue weighted by atomic mass is 16.3. The second kappa shape index (κ2) is 5.21. The molecule has 0 radical (unpaired) electrons. The zero-order valence-corrected chi connectivity index (χ0v) is 11.0. The Hall–Kier alpha value is -1.84. The highest BCUT2D eigenvalue weighted by molar-refractivity contribution is 5.96. The molecule has 0 aliphatic carbocycles. The summed E-state index contributed by atoms with van der Waals surface area (Å²) in [4.78, 5) is 16.2. The molecule has 1 N–H and O–H groups in total. The molecule has 1 aromatic heterocycles. The molecule has 4 heteroatoms. The molecule has 2 aromatic rings. The molecule has 1 aromatic carbocycles. The van der Waals surface area contributed by atoms with Crippen molar-refractivity contribution in [1.82, 2.24) is 10.3 Å². The summed E-state index contributed by atoms with van der Waals surface area (Å²) in [6.07, 6.45) is 0.924. The zero-order chi connectivity index (χ0) is 13.1. The maximum Gasteiger partial charge on any atom is 0.251 e. The molecule has 0 unspecified atom stereocenters. The van der Waals surface area contributed by atoms with Crippen molar-refractivity contribution in [3.8, 4) is 0 Å². The van der Waals surface area contributed by atoms with Crippen LogP contribution in [0.25, 0.3) is 11.1 Å². The topological polar surface area (TPSA) is 55.1 Å². The summed E-state index contributed by atoms with van der Waals surface area (Å²) >= 11 is 0. The third kappa shape index (κ3) is 2.53. The SMILES string of the molecule is CCCNC(=O)c1ccc2nc(C(C)C)oc2c1. The Morgan fingerprint density at radius 3 is 2.89 bits per heavy atom. The molecule has 1 amide bonds. The van der Waals surface area contributed by atoms with Gasteiger partial charge in [0.15, 0.2) is 11.5 Å². The van der Waals surface area contributed by atoms with Gasteiger partial charge in [-0.05, 0) is 24.6 Å². The predicted molar refractivity (Wildman–Crippen MR) is 70.7 cm³/mol. The van der Waals surface area contributed by atoms with Gasteiger partial charge in [0, 0.05) is 18.0 Å². The standard InChI is InChI=1S/C14H18N2O2/c1-4-7-15-13(17)10-5-6-11-12(8-10)18-14(16-11)9(2)3/h5-6,8-9H,4,7H2,1-3H3,(H,15,17). The molecule has 18 heavy (non-hydrogen) atoms. The Balaban J connectivity index is 2.29. The number of nitrogens with zero attached hydrogens (tertiary/aromatic N) is 1. The fourth-order valence-electron chi connectivity index (χ4n) is 1.67. The van der Waals surface area contributed by atoms with Crippen LogP contribution in [0.2, 0.25) is 0 Å². The number of carbonyl (C=O) groups is 1. The molecule has 0 bridgehead atoms. The van der Waals surface area contributed by atoms with E-state index in [0.29, 0.717) is 23.6 Å². The number of hydrogen-bond acceptors (Lipinski definition) is 3. The molecule has 0 saturated heterocycles. The molecule has 0 spiro atoms. The normalized spacial score (nSPS) is 11.1. The zero-order valence-electron chi connectivity index (χ0n) is 11.0. The minimum absolute atomic E-state index is 0.0683. The van der Waals surface area contributed by atoms with Crippen LogP contribution in [0.4, 0.5) is 0 Å². The van der Waals surface area contributed by atoms with E-state index in [1.165, 1.54) is 0 Å². The van der Waals surface area contributed by atoms with Gasteiger partial charge in [-0.15, -0.1) is 0 Å². The number of rotatable bonds is 4. The fraction of sp³-hybridized carbons (Fsp3) is 0.429. The third-order valence-electron chi connectivity index (χ3n) is 2.70. The molecule has 0 aliphatic heterocycles. The van der Waals surface area contributed by atoms with Crippen LogP contribution in [0.15, 0.2) is 22.6 Å². The Labute approximate surface area is 106 Å². The highest BCUT2D eigenvalue weighted by Gasteiger charge is 2.12. The molecular formula is C14H18N2O2. The van der Waals surface area contributed by atoms with E-state index in [1.807, 2.05) is 26.8 Å². The Kier molecular flexibility index (Phi) is 3.65. The first-order valence-electron chi connectivity index (χ1n) is 6.30. The van der Waals surface area contributed by atoms with E-state index in [9.17, 15) is 4.79 Å². The molecule has 0 saturated carbocycles. The minimum Gasteiger partial charge on any atom is -0.440 e. The van der Waals surface area contributed by atoms with Crippen LogP contribution in [-0.4, -0.2) is 17.4 Å². The third-order valence-corrected chi connectivity index (χ3v) is 2.70. The average molecular weight is 246 g/mol. The van der Waals surface area contributed by atoms with Crippen LogP contribution in [0.5, 0.6) is 0 Å². The maximum atomic E-state index is 11.8. The highest BCUT2D eigenvalue weighted by Crippen LogP contribution is 2.21. The van der Waals surface area contributed by atoms with Gasteiger partial charge in [0.25, 0.3) is 5.91 Å². The van der Waals surface area contributed by atoms with Gasteiger partial charge in [0.2, 0.25) is 0 Å². The van der Waals surface area contributed by atoms with E-state index >= 15 is 0 Å². The summed E-state index contributed by atoms with van der Waals surface area (Å²) in [6, 6.07) is 5.35. The maximum absolute atomic E-state index is 11.8. The summed E-state index contributed by atoms with van der Waals surface area (Å²) in [5, 5.41) is 2.84. The van der Waals surface area contributed by atoms with E-state index in [4.69, 9.17) is 4.42 Å². The van der Waals surface area contributed by atoms with E-state index in [0.717, 1.165) is 11.9 Å². The summed E-state index contributed by atoms with van der Waals surface area (Å²) in [5.74, 6) is 0.882. The predicted octanol–water partition coefficient (Wildman–Crippen LogP) is 3.09. The lowest BCUT2D eigenvalue weighted by Gasteiger charge is -2.02. The lowest BCUT2D eigenvalue weighted by Crippen LogP contribution is -2.23. The quantitative estimate of drug-likeness (QED) is 0.901. The van der Waals surface area contributed by atoms with E-state index < -0.39 is 0 Å². The average Bonchev–Trinajstić information content (AvgIpc) is 2.78. The molecule has 1 heterocycles. The lowest BCUT2D eigenvalue weighted by molar-refractivity contribution is 0.0953. The van der Waals surface area contributed by atoms with Gasteiger partial charge >= 0.3 is 0 Å². The Morgan fingerprint density at radius 1 is 1.44 bits per heavy atom. The van der Waals surface area contributed by atoms with Crippen molar-refractivity contribution in [2.75, 3.05) is 6.54 Å². The van der Waals surface area contributed by atoms with Gasteiger partial charge in [-0.2, -0.15) is 0 Å². The summed E-state index contributed by atoms with van der Waals surface area (Å²) in [5.41, 5.74) is 2.08. The number of fused-ring (bicyclic) bond motifs is 1. The first kappa shape index (κ1) is 12.6. The Bertz CT molecular complexity index is 558. The second-order valence-corrected chi connectivity index (χ2v) is 4.65. The van der Waals surface area contributed by atoms with E-state index in [2.05, 4.69) is 10.3 Å². The molecule has 0 atom stereocenters. The largest absolute Gasteiger partial charge is 0.440 e. The van der Waals surface area contributed by atoms with Crippen molar-refractivity contribution in [1.29, 1.82) is 0 Å². The molecule has 4 nitrogen and oxygen atoms in total. The van der Waals surface area contributed by atoms with Crippen LogP contribution in [0.3, 0.4) is 0 Å². The molecule has 2 rings (SSSR count). The lowest BCUT2D eigenvalue weighted by atomic mass is 10.2. The van der Waals surface area contributed by atoms with Crippen LogP contribution >= 0.6 is 0 Å².